The molecule has 7 nitrogen and oxygen atoms in total. The van der Waals surface area contributed by atoms with Gasteiger partial charge in [-0.15, -0.1) is 23.7 Å². The third-order valence-electron chi connectivity index (χ3n) is 5.07. The number of anilines is 1. The maximum absolute atomic E-state index is 12.8. The van der Waals surface area contributed by atoms with Crippen LogP contribution < -0.4 is 5.32 Å². The van der Waals surface area contributed by atoms with Gasteiger partial charge < -0.3 is 10.1 Å². The Morgan fingerprint density at radius 2 is 1.87 bits per heavy atom. The molecule has 1 N–H and O–H groups in total. The van der Waals surface area contributed by atoms with Gasteiger partial charge in [0.2, 0.25) is 0 Å². The number of ether oxygens (including phenoxy) is 1. The van der Waals surface area contributed by atoms with Crippen LogP contribution in [0.15, 0.2) is 29.2 Å². The first-order valence-electron chi connectivity index (χ1n) is 9.79. The molecule has 0 aliphatic carbocycles. The molecule has 1 aromatic heterocycles. The Hall–Kier alpha value is -1.94. The molecule has 31 heavy (non-hydrogen) atoms. The zero-order valence-electron chi connectivity index (χ0n) is 17.9. The van der Waals surface area contributed by atoms with Crippen LogP contribution in [0.4, 0.5) is 5.00 Å². The van der Waals surface area contributed by atoms with Crippen molar-refractivity contribution in [3.05, 3.63) is 45.8 Å². The van der Waals surface area contributed by atoms with Crippen molar-refractivity contribution in [1.29, 1.82) is 0 Å². The number of benzene rings is 1. The summed E-state index contributed by atoms with van der Waals surface area (Å²) >= 11 is 1.40. The molecule has 2 heterocycles. The first kappa shape index (κ1) is 25.3. The van der Waals surface area contributed by atoms with E-state index >= 15 is 0 Å². The highest BCUT2D eigenvalue weighted by molar-refractivity contribution is 7.90. The lowest BCUT2D eigenvalue weighted by Gasteiger charge is -2.30. The highest BCUT2D eigenvalue weighted by Gasteiger charge is 2.30. The van der Waals surface area contributed by atoms with E-state index in [1.165, 1.54) is 35.6 Å². The quantitative estimate of drug-likeness (QED) is 0.625. The number of esters is 1. The fourth-order valence-electron chi connectivity index (χ4n) is 3.40. The number of nitrogens with zero attached hydrogens (tertiary/aromatic N) is 1. The largest absolute Gasteiger partial charge is 0.462 e. The second-order valence-electron chi connectivity index (χ2n) is 7.49. The number of hydrogen-bond donors (Lipinski definition) is 1. The minimum Gasteiger partial charge on any atom is -0.462 e. The smallest absolute Gasteiger partial charge is 0.341 e. The monoisotopic (exact) mass is 486 g/mol. The van der Waals surface area contributed by atoms with Gasteiger partial charge in [-0.2, -0.15) is 0 Å². The van der Waals surface area contributed by atoms with Crippen LogP contribution in [0, 0.1) is 0 Å². The lowest BCUT2D eigenvalue weighted by atomic mass is 10.0. The van der Waals surface area contributed by atoms with Crippen molar-refractivity contribution >= 4 is 50.5 Å². The van der Waals surface area contributed by atoms with Gasteiger partial charge >= 0.3 is 5.97 Å². The predicted octanol–water partition coefficient (Wildman–Crippen LogP) is 3.77. The molecule has 1 aromatic carbocycles. The molecule has 0 fully saturated rings. The van der Waals surface area contributed by atoms with E-state index < -0.39 is 21.7 Å². The summed E-state index contributed by atoms with van der Waals surface area (Å²) in [6.45, 7) is 7.83. The Bertz CT molecular complexity index is 1060. The summed E-state index contributed by atoms with van der Waals surface area (Å²) in [5.41, 5.74) is 1.69. The van der Waals surface area contributed by atoms with E-state index in [1.807, 2.05) is 0 Å². The van der Waals surface area contributed by atoms with Gasteiger partial charge in [0.25, 0.3) is 5.91 Å². The van der Waals surface area contributed by atoms with Crippen LogP contribution in [0.2, 0.25) is 0 Å². The normalized spacial score (nSPS) is 14.0. The third-order valence-corrected chi connectivity index (χ3v) is 7.33. The fraction of sp³-hybridized carbons (Fsp3) is 0.429. The number of hydrogen-bond acceptors (Lipinski definition) is 7. The van der Waals surface area contributed by atoms with E-state index in [0.717, 1.165) is 36.2 Å². The van der Waals surface area contributed by atoms with Crippen molar-refractivity contribution in [2.24, 2.45) is 0 Å². The summed E-state index contributed by atoms with van der Waals surface area (Å²) in [7, 11) is -3.34. The van der Waals surface area contributed by atoms with Gasteiger partial charge in [-0.05, 0) is 57.0 Å². The number of sulfone groups is 1. The number of carbonyl (C=O) groups is 2. The van der Waals surface area contributed by atoms with Gasteiger partial charge in [0.1, 0.15) is 5.00 Å². The van der Waals surface area contributed by atoms with E-state index in [9.17, 15) is 18.0 Å². The van der Waals surface area contributed by atoms with E-state index in [4.69, 9.17) is 4.74 Å². The van der Waals surface area contributed by atoms with E-state index in [1.54, 1.807) is 6.92 Å². The maximum Gasteiger partial charge on any atom is 0.341 e. The summed E-state index contributed by atoms with van der Waals surface area (Å²) in [5, 5.41) is 3.31. The molecule has 3 rings (SSSR count). The lowest BCUT2D eigenvalue weighted by molar-refractivity contribution is 0.0526. The highest BCUT2D eigenvalue weighted by atomic mass is 35.5. The maximum atomic E-state index is 12.8. The summed E-state index contributed by atoms with van der Waals surface area (Å²) in [4.78, 5) is 28.9. The number of nitrogens with one attached hydrogen (secondary N) is 1. The SMILES string of the molecule is CCOC(=O)c1c(NC(=O)c2ccc(S(C)(=O)=O)cc2)sc2c1CCN(C(C)C)C2.Cl. The molecule has 0 spiro atoms. The molecule has 2 aromatic rings. The Kier molecular flexibility index (Phi) is 8.27. The summed E-state index contributed by atoms with van der Waals surface area (Å²) in [6.07, 6.45) is 1.83. The Labute approximate surface area is 193 Å². The zero-order valence-corrected chi connectivity index (χ0v) is 20.4. The molecule has 0 bridgehead atoms. The van der Waals surface area contributed by atoms with Crippen LogP contribution in [0.3, 0.4) is 0 Å². The molecule has 0 radical (unpaired) electrons. The molecule has 0 unspecified atom stereocenters. The summed E-state index contributed by atoms with van der Waals surface area (Å²) < 4.78 is 28.5. The van der Waals surface area contributed by atoms with Crippen LogP contribution in [-0.2, 0) is 27.5 Å². The summed E-state index contributed by atoms with van der Waals surface area (Å²) in [6, 6.07) is 6.11. The van der Waals surface area contributed by atoms with Gasteiger partial charge in [0.05, 0.1) is 17.1 Å². The van der Waals surface area contributed by atoms with Crippen LogP contribution in [-0.4, -0.2) is 50.6 Å². The van der Waals surface area contributed by atoms with Crippen molar-refractivity contribution in [1.82, 2.24) is 4.90 Å². The molecule has 1 amide bonds. The van der Waals surface area contributed by atoms with Crippen LogP contribution in [0.1, 0.15) is 51.9 Å². The zero-order chi connectivity index (χ0) is 22.1. The second-order valence-corrected chi connectivity index (χ2v) is 10.6. The standard InChI is InChI=1S/C21H26N2O5S2.ClH/c1-5-28-21(25)18-16-10-11-23(13(2)3)12-17(16)29-20(18)22-19(24)14-6-8-15(9-7-14)30(4,26)27;/h6-9,13H,5,10-12H2,1-4H3,(H,22,24);1H. The number of amides is 1. The summed E-state index contributed by atoms with van der Waals surface area (Å²) in [5.74, 6) is -0.837. The van der Waals surface area contributed by atoms with Gasteiger partial charge in [0.15, 0.2) is 9.84 Å². The fourth-order valence-corrected chi connectivity index (χ4v) is 5.29. The van der Waals surface area contributed by atoms with Crippen molar-refractivity contribution in [2.75, 3.05) is 24.7 Å². The predicted molar refractivity (Wildman–Crippen MR) is 124 cm³/mol. The Morgan fingerprint density at radius 1 is 1.23 bits per heavy atom. The molecular weight excluding hydrogens is 460 g/mol. The number of fused-ring (bicyclic) bond motifs is 1. The van der Waals surface area contributed by atoms with Crippen LogP contribution >= 0.6 is 23.7 Å². The molecule has 0 saturated heterocycles. The van der Waals surface area contributed by atoms with Gasteiger partial charge in [-0.1, -0.05) is 0 Å². The Morgan fingerprint density at radius 3 is 2.42 bits per heavy atom. The van der Waals surface area contributed by atoms with Crippen molar-refractivity contribution in [3.63, 3.8) is 0 Å². The minimum absolute atomic E-state index is 0. The van der Waals surface area contributed by atoms with Crippen molar-refractivity contribution < 1.29 is 22.7 Å². The first-order chi connectivity index (χ1) is 14.1. The topological polar surface area (TPSA) is 92.8 Å². The minimum atomic E-state index is -3.34. The van der Waals surface area contributed by atoms with Crippen LogP contribution in [0.25, 0.3) is 0 Å². The van der Waals surface area contributed by atoms with E-state index in [2.05, 4.69) is 24.1 Å². The second kappa shape index (κ2) is 10.1. The first-order valence-corrected chi connectivity index (χ1v) is 12.5. The lowest BCUT2D eigenvalue weighted by Crippen LogP contribution is -2.35. The van der Waals surface area contributed by atoms with E-state index in [-0.39, 0.29) is 23.9 Å². The molecule has 0 atom stereocenters. The molecule has 10 heteroatoms. The third kappa shape index (κ3) is 5.65. The molecule has 1 aliphatic rings. The van der Waals surface area contributed by atoms with Gasteiger partial charge in [0, 0.05) is 35.8 Å². The van der Waals surface area contributed by atoms with Gasteiger partial charge in [-0.3, -0.25) is 9.69 Å². The van der Waals surface area contributed by atoms with Crippen LogP contribution in [0.5, 0.6) is 0 Å². The molecule has 1 aliphatic heterocycles. The molecule has 0 saturated carbocycles. The van der Waals surface area contributed by atoms with Crippen molar-refractivity contribution in [3.8, 4) is 0 Å². The number of carbonyl (C=O) groups excluding carboxylic acids is 2. The van der Waals surface area contributed by atoms with Gasteiger partial charge in [-0.25, -0.2) is 13.2 Å². The van der Waals surface area contributed by atoms with Crippen molar-refractivity contribution in [2.45, 2.75) is 44.7 Å². The number of rotatable bonds is 6. The van der Waals surface area contributed by atoms with E-state index in [0.29, 0.717) is 22.2 Å². The number of thiophene rings is 1. The highest BCUT2D eigenvalue weighted by Crippen LogP contribution is 2.38. The molecular formula is C21H27ClN2O5S2. The number of halogens is 1. The molecule has 170 valence electrons. The average molecular weight is 487 g/mol. The Balaban J connectivity index is 0.00000341. The average Bonchev–Trinajstić information content (AvgIpc) is 3.04.